The van der Waals surface area contributed by atoms with Crippen LogP contribution in [0, 0.1) is 13.8 Å². The third-order valence-corrected chi connectivity index (χ3v) is 5.35. The van der Waals surface area contributed by atoms with Gasteiger partial charge in [-0.3, -0.25) is 4.79 Å². The predicted molar refractivity (Wildman–Crippen MR) is 128 cm³/mol. The van der Waals surface area contributed by atoms with Crippen molar-refractivity contribution in [3.05, 3.63) is 101 Å². The van der Waals surface area contributed by atoms with E-state index >= 15 is 0 Å². The number of hydrogen-bond donors (Lipinski definition) is 2. The van der Waals surface area contributed by atoms with Crippen LogP contribution in [0.3, 0.4) is 0 Å². The number of hydrogen-bond acceptors (Lipinski definition) is 3. The van der Waals surface area contributed by atoms with Crippen LogP contribution < -0.4 is 10.7 Å². The lowest BCUT2D eigenvalue weighted by Crippen LogP contribution is -2.25. The molecule has 4 aromatic rings. The fourth-order valence-electron chi connectivity index (χ4n) is 3.65. The van der Waals surface area contributed by atoms with Gasteiger partial charge in [0.2, 0.25) is 0 Å². The Kier molecular flexibility index (Phi) is 6.13. The molecular weight excluding hydrogens is 384 g/mol. The number of anilines is 1. The van der Waals surface area contributed by atoms with Gasteiger partial charge in [-0.1, -0.05) is 66.2 Å². The number of amides is 1. The minimum absolute atomic E-state index is 0.162. The van der Waals surface area contributed by atoms with Crippen LogP contribution in [0.15, 0.2) is 84.0 Å². The summed E-state index contributed by atoms with van der Waals surface area (Å²) in [6.45, 7) is 5.07. The van der Waals surface area contributed by atoms with Crippen LogP contribution in [-0.2, 0) is 11.3 Å². The molecular formula is C26H26N4O. The zero-order chi connectivity index (χ0) is 21.6. The number of nitrogens with zero attached hydrogens (tertiary/aromatic N) is 2. The average Bonchev–Trinajstić information content (AvgIpc) is 3.05. The van der Waals surface area contributed by atoms with Crippen LogP contribution >= 0.6 is 0 Å². The van der Waals surface area contributed by atoms with Gasteiger partial charge < -0.3 is 9.88 Å². The monoisotopic (exact) mass is 410 g/mol. The Hall–Kier alpha value is -3.86. The first-order chi connectivity index (χ1) is 15.1. The Labute approximate surface area is 182 Å². The van der Waals surface area contributed by atoms with Crippen LogP contribution in [0.4, 0.5) is 5.69 Å². The van der Waals surface area contributed by atoms with Crippen LogP contribution in [0.5, 0.6) is 0 Å². The topological polar surface area (TPSA) is 58.4 Å². The molecule has 0 atom stereocenters. The lowest BCUT2D eigenvalue weighted by atomic mass is 10.1. The van der Waals surface area contributed by atoms with Crippen molar-refractivity contribution in [2.45, 2.75) is 20.4 Å². The lowest BCUT2D eigenvalue weighted by Gasteiger charge is -2.08. The van der Waals surface area contributed by atoms with Gasteiger partial charge >= 0.3 is 0 Å². The number of para-hydroxylation sites is 1. The largest absolute Gasteiger partial charge is 0.376 e. The Bertz CT molecular complexity index is 1210. The number of aryl methyl sites for hydroxylation is 1. The number of rotatable bonds is 7. The lowest BCUT2D eigenvalue weighted by molar-refractivity contribution is -0.119. The number of nitrogens with one attached hydrogen (secondary N) is 2. The summed E-state index contributed by atoms with van der Waals surface area (Å²) in [5.41, 5.74) is 9.23. The highest BCUT2D eigenvalue weighted by molar-refractivity contribution is 6.01. The number of benzene rings is 3. The van der Waals surface area contributed by atoms with Gasteiger partial charge in [0.1, 0.15) is 0 Å². The van der Waals surface area contributed by atoms with Crippen molar-refractivity contribution in [2.24, 2.45) is 5.10 Å². The van der Waals surface area contributed by atoms with Gasteiger partial charge in [-0.2, -0.15) is 5.10 Å². The smallest absolute Gasteiger partial charge is 0.259 e. The van der Waals surface area contributed by atoms with Crippen molar-refractivity contribution in [3.8, 4) is 0 Å². The SMILES string of the molecule is Cc1ccc(NCC(=O)N/N=C/c2c(C)n(Cc3ccccc3)c3ccccc23)cc1. The van der Waals surface area contributed by atoms with Crippen molar-refractivity contribution in [2.75, 3.05) is 11.9 Å². The summed E-state index contributed by atoms with van der Waals surface area (Å²) in [7, 11) is 0. The quantitative estimate of drug-likeness (QED) is 0.337. The first-order valence-electron chi connectivity index (χ1n) is 10.4. The third-order valence-electron chi connectivity index (χ3n) is 5.35. The maximum Gasteiger partial charge on any atom is 0.259 e. The van der Waals surface area contributed by atoms with Crippen LogP contribution in [0.1, 0.15) is 22.4 Å². The molecule has 5 nitrogen and oxygen atoms in total. The van der Waals surface area contributed by atoms with E-state index in [4.69, 9.17) is 0 Å². The van der Waals surface area contributed by atoms with E-state index in [0.29, 0.717) is 0 Å². The summed E-state index contributed by atoms with van der Waals surface area (Å²) in [4.78, 5) is 12.2. The maximum absolute atomic E-state index is 12.2. The number of aromatic nitrogens is 1. The van der Waals surface area contributed by atoms with Crippen LogP contribution in [0.2, 0.25) is 0 Å². The second-order valence-corrected chi connectivity index (χ2v) is 7.60. The van der Waals surface area contributed by atoms with Crippen molar-refractivity contribution < 1.29 is 4.79 Å². The molecule has 0 saturated carbocycles. The Morgan fingerprint density at radius 2 is 1.65 bits per heavy atom. The van der Waals surface area contributed by atoms with Crippen molar-refractivity contribution in [3.63, 3.8) is 0 Å². The zero-order valence-electron chi connectivity index (χ0n) is 17.8. The zero-order valence-corrected chi connectivity index (χ0v) is 17.8. The molecule has 0 bridgehead atoms. The fraction of sp³-hybridized carbons (Fsp3) is 0.154. The summed E-state index contributed by atoms with van der Waals surface area (Å²) < 4.78 is 2.28. The van der Waals surface area contributed by atoms with Gasteiger partial charge in [0.05, 0.1) is 12.8 Å². The van der Waals surface area contributed by atoms with E-state index in [1.165, 1.54) is 11.1 Å². The van der Waals surface area contributed by atoms with Crippen LogP contribution in [-0.4, -0.2) is 23.2 Å². The second kappa shape index (κ2) is 9.30. The molecule has 31 heavy (non-hydrogen) atoms. The minimum atomic E-state index is -0.192. The Morgan fingerprint density at radius 1 is 0.935 bits per heavy atom. The van der Waals surface area contributed by atoms with Gasteiger partial charge in [0.25, 0.3) is 5.91 Å². The van der Waals surface area contributed by atoms with E-state index < -0.39 is 0 Å². The molecule has 0 fully saturated rings. The molecule has 3 aromatic carbocycles. The molecule has 1 amide bonds. The van der Waals surface area contributed by atoms with Gasteiger partial charge in [-0.05, 0) is 37.6 Å². The van der Waals surface area contributed by atoms with Gasteiger partial charge in [0.15, 0.2) is 0 Å². The second-order valence-electron chi connectivity index (χ2n) is 7.60. The van der Waals surface area contributed by atoms with E-state index in [9.17, 15) is 4.79 Å². The molecule has 0 spiro atoms. The highest BCUT2D eigenvalue weighted by Crippen LogP contribution is 2.25. The van der Waals surface area contributed by atoms with E-state index in [1.54, 1.807) is 6.21 Å². The van der Waals surface area contributed by atoms with Crippen molar-refractivity contribution in [1.82, 2.24) is 9.99 Å². The van der Waals surface area contributed by atoms with Gasteiger partial charge in [0, 0.05) is 34.4 Å². The fourth-order valence-corrected chi connectivity index (χ4v) is 3.65. The van der Waals surface area contributed by atoms with Gasteiger partial charge in [-0.15, -0.1) is 0 Å². The molecule has 5 heteroatoms. The van der Waals surface area contributed by atoms with E-state index in [1.807, 2.05) is 49.4 Å². The molecule has 0 aliphatic rings. The molecule has 156 valence electrons. The molecule has 0 unspecified atom stereocenters. The summed E-state index contributed by atoms with van der Waals surface area (Å²) in [6, 6.07) is 26.6. The molecule has 0 radical (unpaired) electrons. The third kappa shape index (κ3) is 4.83. The van der Waals surface area contributed by atoms with Crippen molar-refractivity contribution >= 4 is 28.7 Å². The average molecular weight is 411 g/mol. The van der Waals surface area contributed by atoms with E-state index in [-0.39, 0.29) is 12.5 Å². The summed E-state index contributed by atoms with van der Waals surface area (Å²) in [6.07, 6.45) is 1.74. The highest BCUT2D eigenvalue weighted by Gasteiger charge is 2.12. The first kappa shape index (κ1) is 20.4. The summed E-state index contributed by atoms with van der Waals surface area (Å²) >= 11 is 0. The van der Waals surface area contributed by atoms with Crippen molar-refractivity contribution in [1.29, 1.82) is 0 Å². The molecule has 1 aromatic heterocycles. The molecule has 2 N–H and O–H groups in total. The van der Waals surface area contributed by atoms with E-state index in [2.05, 4.69) is 63.7 Å². The molecule has 4 rings (SSSR count). The number of fused-ring (bicyclic) bond motifs is 1. The standard InChI is InChI=1S/C26H26N4O/c1-19-12-14-22(15-13-19)27-17-26(31)29-28-16-24-20(2)30(18-21-8-4-3-5-9-21)25-11-7-6-10-23(24)25/h3-16,27H,17-18H2,1-2H3,(H,29,31)/b28-16+. The first-order valence-corrected chi connectivity index (χ1v) is 10.4. The molecule has 1 heterocycles. The molecule has 0 aliphatic heterocycles. The normalized spacial score (nSPS) is 11.2. The van der Waals surface area contributed by atoms with Gasteiger partial charge in [-0.25, -0.2) is 5.43 Å². The molecule has 0 saturated heterocycles. The number of hydrazone groups is 1. The maximum atomic E-state index is 12.2. The highest BCUT2D eigenvalue weighted by atomic mass is 16.2. The van der Waals surface area contributed by atoms with Crippen LogP contribution in [0.25, 0.3) is 10.9 Å². The molecule has 0 aliphatic carbocycles. The Balaban J connectivity index is 1.47. The number of carbonyl (C=O) groups excluding carboxylic acids is 1. The summed E-state index contributed by atoms with van der Waals surface area (Å²) in [5, 5.41) is 8.44. The summed E-state index contributed by atoms with van der Waals surface area (Å²) in [5.74, 6) is -0.192. The minimum Gasteiger partial charge on any atom is -0.376 e. The predicted octanol–water partition coefficient (Wildman–Crippen LogP) is 4.87. The number of carbonyl (C=O) groups is 1. The Morgan fingerprint density at radius 3 is 2.42 bits per heavy atom. The van der Waals surface area contributed by atoms with E-state index in [0.717, 1.165) is 34.4 Å².